The van der Waals surface area contributed by atoms with E-state index in [9.17, 15) is 4.79 Å². The van der Waals surface area contributed by atoms with Gasteiger partial charge in [0.05, 0.1) is 0 Å². The van der Waals surface area contributed by atoms with Crippen molar-refractivity contribution in [3.8, 4) is 11.5 Å². The number of amides is 1. The van der Waals surface area contributed by atoms with Crippen LogP contribution in [0.2, 0.25) is 0 Å². The van der Waals surface area contributed by atoms with E-state index in [0.29, 0.717) is 17.1 Å². The largest absolute Gasteiger partial charge is 0.454 e. The minimum Gasteiger partial charge on any atom is -0.454 e. The zero-order valence-electron chi connectivity index (χ0n) is 11.4. The van der Waals surface area contributed by atoms with Crippen molar-refractivity contribution >= 4 is 5.91 Å². The van der Waals surface area contributed by atoms with E-state index in [1.807, 2.05) is 6.20 Å². The van der Waals surface area contributed by atoms with E-state index in [4.69, 9.17) is 9.47 Å². The number of hydrogen-bond acceptors (Lipinski definition) is 4. The maximum atomic E-state index is 12.3. The molecule has 0 aliphatic carbocycles. The summed E-state index contributed by atoms with van der Waals surface area (Å²) >= 11 is 0. The van der Waals surface area contributed by atoms with Crippen LogP contribution < -0.4 is 14.8 Å². The fourth-order valence-corrected chi connectivity index (χ4v) is 2.79. The van der Waals surface area contributed by atoms with Crippen LogP contribution in [0.4, 0.5) is 0 Å². The Morgan fingerprint density at radius 3 is 3.19 bits per heavy atom. The lowest BCUT2D eigenvalue weighted by Gasteiger charge is -2.24. The van der Waals surface area contributed by atoms with Gasteiger partial charge in [0.2, 0.25) is 6.79 Å². The molecular formula is C15H15N3O3. The zero-order chi connectivity index (χ0) is 14.2. The highest BCUT2D eigenvalue weighted by Crippen LogP contribution is 2.32. The lowest BCUT2D eigenvalue weighted by atomic mass is 10.1. The maximum absolute atomic E-state index is 12.3. The van der Waals surface area contributed by atoms with E-state index in [0.717, 1.165) is 25.2 Å². The standard InChI is InChI=1S/C15H15N3O3/c19-15(10-1-3-12-13(7-10)21-9-20-12)17-11-2-4-14-16-5-6-18(14)8-11/h1,3,5-7,11H,2,4,8-9H2,(H,17,19)/t11-/m1/s1. The highest BCUT2D eigenvalue weighted by molar-refractivity contribution is 5.95. The Bertz CT molecular complexity index is 695. The Morgan fingerprint density at radius 2 is 2.24 bits per heavy atom. The summed E-state index contributed by atoms with van der Waals surface area (Å²) in [6.45, 7) is 0.984. The van der Waals surface area contributed by atoms with Crippen LogP contribution in [-0.2, 0) is 13.0 Å². The zero-order valence-corrected chi connectivity index (χ0v) is 11.4. The van der Waals surface area contributed by atoms with Gasteiger partial charge in [-0.3, -0.25) is 4.79 Å². The summed E-state index contributed by atoms with van der Waals surface area (Å²) in [7, 11) is 0. The number of nitrogens with one attached hydrogen (secondary N) is 1. The van der Waals surface area contributed by atoms with Crippen LogP contribution in [0.3, 0.4) is 0 Å². The average molecular weight is 285 g/mol. The molecular weight excluding hydrogens is 270 g/mol. The predicted molar refractivity (Wildman–Crippen MR) is 74.4 cm³/mol. The van der Waals surface area contributed by atoms with E-state index in [2.05, 4.69) is 14.9 Å². The van der Waals surface area contributed by atoms with E-state index in [1.165, 1.54) is 0 Å². The second-order valence-corrected chi connectivity index (χ2v) is 5.27. The summed E-state index contributed by atoms with van der Waals surface area (Å²) in [5, 5.41) is 3.07. The molecule has 6 nitrogen and oxygen atoms in total. The van der Waals surface area contributed by atoms with Crippen molar-refractivity contribution in [2.24, 2.45) is 0 Å². The van der Waals surface area contributed by atoms with Crippen LogP contribution >= 0.6 is 0 Å². The Balaban J connectivity index is 1.47. The predicted octanol–water partition coefficient (Wildman–Crippen LogP) is 1.36. The van der Waals surface area contributed by atoms with Crippen LogP contribution in [0.25, 0.3) is 0 Å². The van der Waals surface area contributed by atoms with Gasteiger partial charge in [0, 0.05) is 37.0 Å². The SMILES string of the molecule is O=C(N[C@@H]1CCc2nccn2C1)c1ccc2c(c1)OCO2. The maximum Gasteiger partial charge on any atom is 0.251 e. The second-order valence-electron chi connectivity index (χ2n) is 5.27. The number of benzene rings is 1. The van der Waals surface area contributed by atoms with E-state index < -0.39 is 0 Å². The molecule has 0 radical (unpaired) electrons. The molecule has 0 saturated heterocycles. The van der Waals surface area contributed by atoms with E-state index in [1.54, 1.807) is 24.4 Å². The van der Waals surface area contributed by atoms with Crippen molar-refractivity contribution in [3.05, 3.63) is 42.0 Å². The first-order chi connectivity index (χ1) is 10.3. The Kier molecular flexibility index (Phi) is 2.80. The van der Waals surface area contributed by atoms with Gasteiger partial charge in [0.15, 0.2) is 11.5 Å². The Labute approximate surface area is 121 Å². The number of aryl methyl sites for hydroxylation is 1. The lowest BCUT2D eigenvalue weighted by molar-refractivity contribution is 0.0927. The second kappa shape index (κ2) is 4.80. The van der Waals surface area contributed by atoms with E-state index >= 15 is 0 Å². The molecule has 6 heteroatoms. The fraction of sp³-hybridized carbons (Fsp3) is 0.333. The summed E-state index contributed by atoms with van der Waals surface area (Å²) in [4.78, 5) is 16.6. The third-order valence-electron chi connectivity index (χ3n) is 3.91. The molecule has 2 aliphatic rings. The first-order valence-electron chi connectivity index (χ1n) is 7.00. The van der Waals surface area contributed by atoms with E-state index in [-0.39, 0.29) is 18.7 Å². The minimum absolute atomic E-state index is 0.0816. The molecule has 1 atom stereocenters. The molecule has 1 N–H and O–H groups in total. The van der Waals surface area contributed by atoms with Gasteiger partial charge in [-0.1, -0.05) is 0 Å². The summed E-state index contributed by atoms with van der Waals surface area (Å²) in [5.74, 6) is 2.32. The topological polar surface area (TPSA) is 65.4 Å². The normalized spacial score (nSPS) is 19.1. The third-order valence-corrected chi connectivity index (χ3v) is 3.91. The van der Waals surface area contributed by atoms with Gasteiger partial charge in [-0.2, -0.15) is 0 Å². The highest BCUT2D eigenvalue weighted by Gasteiger charge is 2.22. The number of carbonyl (C=O) groups is 1. The molecule has 0 bridgehead atoms. The number of fused-ring (bicyclic) bond motifs is 2. The van der Waals surface area contributed by atoms with Crippen molar-refractivity contribution in [3.63, 3.8) is 0 Å². The highest BCUT2D eigenvalue weighted by atomic mass is 16.7. The summed E-state index contributed by atoms with van der Waals surface area (Å²) < 4.78 is 12.6. The molecule has 4 rings (SSSR count). The van der Waals surface area contributed by atoms with Gasteiger partial charge in [0.1, 0.15) is 5.82 Å². The fourth-order valence-electron chi connectivity index (χ4n) is 2.79. The third kappa shape index (κ3) is 2.22. The van der Waals surface area contributed by atoms with Gasteiger partial charge in [0.25, 0.3) is 5.91 Å². The molecule has 1 amide bonds. The van der Waals surface area contributed by atoms with Crippen molar-refractivity contribution in [2.75, 3.05) is 6.79 Å². The average Bonchev–Trinajstić information content (AvgIpc) is 3.14. The van der Waals surface area contributed by atoms with Crippen molar-refractivity contribution in [1.29, 1.82) is 0 Å². The van der Waals surface area contributed by atoms with Crippen LogP contribution in [0.5, 0.6) is 11.5 Å². The molecule has 0 spiro atoms. The first kappa shape index (κ1) is 12.3. The molecule has 0 unspecified atom stereocenters. The van der Waals surface area contributed by atoms with Gasteiger partial charge in [-0.15, -0.1) is 0 Å². The molecule has 1 aromatic carbocycles. The van der Waals surface area contributed by atoms with Crippen LogP contribution in [0, 0.1) is 0 Å². The number of imidazole rings is 1. The number of rotatable bonds is 2. The summed E-state index contributed by atoms with van der Waals surface area (Å²) in [6, 6.07) is 5.38. The number of carbonyl (C=O) groups excluding carboxylic acids is 1. The summed E-state index contributed by atoms with van der Waals surface area (Å²) in [5.41, 5.74) is 0.593. The molecule has 0 saturated carbocycles. The number of nitrogens with zero attached hydrogens (tertiary/aromatic N) is 2. The van der Waals surface area contributed by atoms with Gasteiger partial charge < -0.3 is 19.4 Å². The molecule has 2 aliphatic heterocycles. The lowest BCUT2D eigenvalue weighted by Crippen LogP contribution is -2.40. The first-order valence-corrected chi connectivity index (χ1v) is 7.00. The van der Waals surface area contributed by atoms with Crippen molar-refractivity contribution < 1.29 is 14.3 Å². The molecule has 108 valence electrons. The van der Waals surface area contributed by atoms with Gasteiger partial charge in [-0.25, -0.2) is 4.98 Å². The molecule has 1 aromatic heterocycles. The molecule has 3 heterocycles. The monoisotopic (exact) mass is 285 g/mol. The van der Waals surface area contributed by atoms with Crippen molar-refractivity contribution in [1.82, 2.24) is 14.9 Å². The smallest absolute Gasteiger partial charge is 0.251 e. The van der Waals surface area contributed by atoms with Crippen LogP contribution in [0.1, 0.15) is 22.6 Å². The van der Waals surface area contributed by atoms with Crippen molar-refractivity contribution in [2.45, 2.75) is 25.4 Å². The van der Waals surface area contributed by atoms with Crippen LogP contribution in [0.15, 0.2) is 30.6 Å². The number of ether oxygens (including phenoxy) is 2. The summed E-state index contributed by atoms with van der Waals surface area (Å²) in [6.07, 6.45) is 5.55. The quantitative estimate of drug-likeness (QED) is 0.904. The molecule has 0 fully saturated rings. The molecule has 21 heavy (non-hydrogen) atoms. The minimum atomic E-state index is -0.0816. The number of aromatic nitrogens is 2. The Hall–Kier alpha value is -2.50. The number of hydrogen-bond donors (Lipinski definition) is 1. The van der Waals surface area contributed by atoms with Gasteiger partial charge >= 0.3 is 0 Å². The van der Waals surface area contributed by atoms with Crippen LogP contribution in [-0.4, -0.2) is 28.3 Å². The molecule has 2 aromatic rings. The Morgan fingerprint density at radius 1 is 1.33 bits per heavy atom. The van der Waals surface area contributed by atoms with Gasteiger partial charge in [-0.05, 0) is 24.6 Å².